The van der Waals surface area contributed by atoms with Crippen molar-refractivity contribution in [2.75, 3.05) is 11.9 Å². The molecule has 1 aliphatic heterocycles. The van der Waals surface area contributed by atoms with Crippen molar-refractivity contribution < 1.29 is 14.3 Å². The molecule has 1 aliphatic carbocycles. The van der Waals surface area contributed by atoms with E-state index in [1.807, 2.05) is 4.57 Å². The van der Waals surface area contributed by atoms with Crippen LogP contribution in [0.1, 0.15) is 42.7 Å². The smallest absolute Gasteiger partial charge is 0.249 e. The molecule has 1 saturated heterocycles. The average Bonchev–Trinajstić information content (AvgIpc) is 3.50. The Bertz CT molecular complexity index is 1100. The maximum Gasteiger partial charge on any atom is 0.249 e. The van der Waals surface area contributed by atoms with Crippen LogP contribution in [-0.4, -0.2) is 44.4 Å². The van der Waals surface area contributed by atoms with E-state index < -0.39 is 6.10 Å². The van der Waals surface area contributed by atoms with E-state index in [4.69, 9.17) is 4.74 Å². The summed E-state index contributed by atoms with van der Waals surface area (Å²) in [6, 6.07) is 8.64. The van der Waals surface area contributed by atoms with E-state index in [-0.39, 0.29) is 24.7 Å². The van der Waals surface area contributed by atoms with Gasteiger partial charge in [-0.2, -0.15) is 0 Å². The number of amides is 1. The normalized spacial score (nSPS) is 22.7. The lowest BCUT2D eigenvalue weighted by atomic mass is 10.1. The van der Waals surface area contributed by atoms with Crippen LogP contribution >= 0.6 is 0 Å². The van der Waals surface area contributed by atoms with Crippen molar-refractivity contribution in [1.29, 1.82) is 0 Å². The second-order valence-corrected chi connectivity index (χ2v) is 7.55. The molecule has 1 fully saturated rings. The molecule has 154 valence electrons. The molecular weight excluding hydrogens is 384 g/mol. The largest absolute Gasteiger partial charge is 0.361 e. The van der Waals surface area contributed by atoms with E-state index in [9.17, 15) is 9.59 Å². The zero-order valence-electron chi connectivity index (χ0n) is 16.3. The lowest BCUT2D eigenvalue weighted by Crippen LogP contribution is -2.35. The maximum absolute atomic E-state index is 12.1. The van der Waals surface area contributed by atoms with Crippen molar-refractivity contribution >= 4 is 29.2 Å². The Balaban J connectivity index is 1.36. The fourth-order valence-corrected chi connectivity index (χ4v) is 4.31. The minimum absolute atomic E-state index is 0.0100. The van der Waals surface area contributed by atoms with Gasteiger partial charge in [-0.25, -0.2) is 15.0 Å². The lowest BCUT2D eigenvalue weighted by Gasteiger charge is -2.16. The molecule has 0 saturated carbocycles. The first kappa shape index (κ1) is 18.7. The molecule has 0 unspecified atom stereocenters. The summed E-state index contributed by atoms with van der Waals surface area (Å²) in [5, 5.41) is 6.07. The molecule has 0 spiro atoms. The van der Waals surface area contributed by atoms with Gasteiger partial charge < -0.3 is 20.2 Å². The van der Waals surface area contributed by atoms with E-state index in [1.165, 1.54) is 17.5 Å². The second-order valence-electron chi connectivity index (χ2n) is 7.55. The molecule has 3 heterocycles. The number of carbonyl (C=O) groups excluding carboxylic acids is 2. The van der Waals surface area contributed by atoms with Crippen LogP contribution in [0, 0.1) is 0 Å². The summed E-state index contributed by atoms with van der Waals surface area (Å²) in [4.78, 5) is 35.9. The second kappa shape index (κ2) is 7.83. The molecule has 1 aromatic carbocycles. The van der Waals surface area contributed by atoms with Crippen LogP contribution in [0.3, 0.4) is 0 Å². The van der Waals surface area contributed by atoms with E-state index in [2.05, 4.69) is 49.9 Å². The number of imidazole rings is 1. The highest BCUT2D eigenvalue weighted by molar-refractivity contribution is 5.84. The standard InChI is InChI=1S/C21H22N6O3/c28-10-9-22-21(29)16-7-8-17(30-16)27-12-25-18-19(23-11-24-20(18)27)26-15-6-5-13-3-1-2-4-14(13)15/h1-4,10-12,15-17H,5-9H2,(H,22,29)(H,23,24,26)/t15-,16-,17+/m0/s1. The van der Waals surface area contributed by atoms with Crippen LogP contribution in [0.2, 0.25) is 0 Å². The highest BCUT2D eigenvalue weighted by Crippen LogP contribution is 2.35. The molecule has 0 bridgehead atoms. The Kier molecular flexibility index (Phi) is 4.88. The van der Waals surface area contributed by atoms with Crippen LogP contribution in [0.5, 0.6) is 0 Å². The number of aromatic nitrogens is 4. The number of carbonyl (C=O) groups is 2. The average molecular weight is 406 g/mol. The Labute approximate surface area is 172 Å². The number of nitrogens with zero attached hydrogens (tertiary/aromatic N) is 4. The van der Waals surface area contributed by atoms with Crippen LogP contribution in [0.4, 0.5) is 5.82 Å². The first-order valence-electron chi connectivity index (χ1n) is 10.1. The number of aldehydes is 1. The van der Waals surface area contributed by atoms with Gasteiger partial charge in [-0.15, -0.1) is 0 Å². The molecule has 2 N–H and O–H groups in total. The van der Waals surface area contributed by atoms with Crippen molar-refractivity contribution in [2.24, 2.45) is 0 Å². The van der Waals surface area contributed by atoms with E-state index in [0.29, 0.717) is 36.1 Å². The van der Waals surface area contributed by atoms with Crippen LogP contribution in [0.15, 0.2) is 36.9 Å². The summed E-state index contributed by atoms with van der Waals surface area (Å²) >= 11 is 0. The highest BCUT2D eigenvalue weighted by atomic mass is 16.5. The molecule has 9 nitrogen and oxygen atoms in total. The van der Waals surface area contributed by atoms with Gasteiger partial charge in [-0.05, 0) is 36.8 Å². The molecular formula is C21H22N6O3. The summed E-state index contributed by atoms with van der Waals surface area (Å²) in [5.41, 5.74) is 4.01. The molecule has 30 heavy (non-hydrogen) atoms. The van der Waals surface area contributed by atoms with Crippen molar-refractivity contribution in [3.8, 4) is 0 Å². The summed E-state index contributed by atoms with van der Waals surface area (Å²) in [6.07, 6.45) is 6.23. The van der Waals surface area contributed by atoms with Gasteiger partial charge in [-0.3, -0.25) is 9.36 Å². The number of hydrogen-bond donors (Lipinski definition) is 2. The summed E-state index contributed by atoms with van der Waals surface area (Å²) in [6.45, 7) is -0.0100. The monoisotopic (exact) mass is 406 g/mol. The number of ether oxygens (including phenoxy) is 1. The third kappa shape index (κ3) is 3.30. The van der Waals surface area contributed by atoms with Crippen molar-refractivity contribution in [1.82, 2.24) is 24.8 Å². The molecule has 9 heteroatoms. The number of hydrogen-bond acceptors (Lipinski definition) is 7. The van der Waals surface area contributed by atoms with Gasteiger partial charge in [0.2, 0.25) is 5.91 Å². The molecule has 2 aromatic heterocycles. The highest BCUT2D eigenvalue weighted by Gasteiger charge is 2.33. The molecule has 2 aliphatic rings. The minimum atomic E-state index is -0.582. The van der Waals surface area contributed by atoms with E-state index in [0.717, 1.165) is 12.8 Å². The minimum Gasteiger partial charge on any atom is -0.361 e. The van der Waals surface area contributed by atoms with Crippen LogP contribution in [-0.2, 0) is 20.7 Å². The van der Waals surface area contributed by atoms with Gasteiger partial charge in [0.05, 0.1) is 18.9 Å². The predicted octanol–water partition coefficient (Wildman–Crippen LogP) is 1.92. The number of benzene rings is 1. The summed E-state index contributed by atoms with van der Waals surface area (Å²) < 4.78 is 7.75. The predicted molar refractivity (Wildman–Crippen MR) is 109 cm³/mol. The molecule has 3 aromatic rings. The van der Waals surface area contributed by atoms with Gasteiger partial charge in [-0.1, -0.05) is 24.3 Å². The van der Waals surface area contributed by atoms with Crippen LogP contribution < -0.4 is 10.6 Å². The van der Waals surface area contributed by atoms with Gasteiger partial charge in [0, 0.05) is 0 Å². The van der Waals surface area contributed by atoms with Crippen LogP contribution in [0.25, 0.3) is 11.2 Å². The molecule has 1 amide bonds. The van der Waals surface area contributed by atoms with Gasteiger partial charge >= 0.3 is 0 Å². The fraction of sp³-hybridized carbons (Fsp3) is 0.381. The van der Waals surface area contributed by atoms with Gasteiger partial charge in [0.25, 0.3) is 0 Å². The Morgan fingerprint density at radius 2 is 2.10 bits per heavy atom. The Morgan fingerprint density at radius 3 is 3.00 bits per heavy atom. The summed E-state index contributed by atoms with van der Waals surface area (Å²) in [7, 11) is 0. The molecule has 3 atom stereocenters. The summed E-state index contributed by atoms with van der Waals surface area (Å²) in [5.74, 6) is 0.421. The van der Waals surface area contributed by atoms with E-state index in [1.54, 1.807) is 6.33 Å². The molecule has 0 radical (unpaired) electrons. The van der Waals surface area contributed by atoms with Gasteiger partial charge in [0.15, 0.2) is 17.0 Å². The van der Waals surface area contributed by atoms with Crippen molar-refractivity contribution in [2.45, 2.75) is 44.1 Å². The lowest BCUT2D eigenvalue weighted by molar-refractivity contribution is -0.134. The third-order valence-corrected chi connectivity index (χ3v) is 5.76. The Hall–Kier alpha value is -3.33. The fourth-order valence-electron chi connectivity index (χ4n) is 4.31. The number of anilines is 1. The van der Waals surface area contributed by atoms with Crippen molar-refractivity contribution in [3.05, 3.63) is 48.0 Å². The zero-order chi connectivity index (χ0) is 20.5. The third-order valence-electron chi connectivity index (χ3n) is 5.76. The van der Waals surface area contributed by atoms with Crippen molar-refractivity contribution in [3.63, 3.8) is 0 Å². The first-order valence-corrected chi connectivity index (χ1v) is 10.1. The molecule has 5 rings (SSSR count). The maximum atomic E-state index is 12.1. The first-order chi connectivity index (χ1) is 14.7. The quantitative estimate of drug-likeness (QED) is 0.602. The number of nitrogens with one attached hydrogen (secondary N) is 2. The SMILES string of the molecule is O=CCNC(=O)[C@@H]1CC[C@H](n2cnc3c(N[C@H]4CCc5ccccc54)ncnc32)O1. The zero-order valence-corrected chi connectivity index (χ0v) is 16.3. The topological polar surface area (TPSA) is 111 Å². The number of rotatable bonds is 6. The van der Waals surface area contributed by atoms with Gasteiger partial charge in [0.1, 0.15) is 24.9 Å². The number of fused-ring (bicyclic) bond motifs is 2. The van der Waals surface area contributed by atoms with E-state index >= 15 is 0 Å². The Morgan fingerprint density at radius 1 is 1.20 bits per heavy atom. The number of aryl methyl sites for hydroxylation is 1.